The molecule has 0 spiro atoms. The highest BCUT2D eigenvalue weighted by molar-refractivity contribution is 7.90. The summed E-state index contributed by atoms with van der Waals surface area (Å²) in [6.45, 7) is 0.912. The van der Waals surface area contributed by atoms with Crippen molar-refractivity contribution in [3.05, 3.63) is 35.9 Å². The van der Waals surface area contributed by atoms with E-state index in [-0.39, 0.29) is 12.0 Å². The van der Waals surface area contributed by atoms with Gasteiger partial charge in [0.05, 0.1) is 0 Å². The number of rotatable bonds is 7. The SMILES string of the molecule is COC(C(C1CCCN1)C1CC2CCC1C2)S(=O)(=O)NC(=O)c1ccccc1. The molecule has 7 heteroatoms. The molecule has 2 N–H and O–H groups in total. The molecule has 6 nitrogen and oxygen atoms in total. The van der Waals surface area contributed by atoms with E-state index in [0.717, 1.165) is 31.7 Å². The van der Waals surface area contributed by atoms with E-state index in [9.17, 15) is 13.2 Å². The maximum absolute atomic E-state index is 13.2. The lowest BCUT2D eigenvalue weighted by atomic mass is 9.75. The predicted octanol–water partition coefficient (Wildman–Crippen LogP) is 2.52. The highest BCUT2D eigenvalue weighted by Gasteiger charge is 2.51. The van der Waals surface area contributed by atoms with Crippen molar-refractivity contribution in [3.8, 4) is 0 Å². The number of hydrogen-bond donors (Lipinski definition) is 2. The maximum atomic E-state index is 13.2. The van der Waals surface area contributed by atoms with E-state index in [1.165, 1.54) is 26.4 Å². The fourth-order valence-corrected chi connectivity index (χ4v) is 7.37. The molecule has 154 valence electrons. The van der Waals surface area contributed by atoms with Crippen LogP contribution in [0.5, 0.6) is 0 Å². The Morgan fingerprint density at radius 2 is 1.96 bits per heavy atom. The van der Waals surface area contributed by atoms with Gasteiger partial charge in [0.2, 0.25) is 0 Å². The molecule has 3 aliphatic rings. The van der Waals surface area contributed by atoms with Gasteiger partial charge < -0.3 is 10.1 Å². The Bertz CT molecular complexity index is 792. The van der Waals surface area contributed by atoms with E-state index in [1.807, 2.05) is 0 Å². The molecule has 0 aromatic heterocycles. The van der Waals surface area contributed by atoms with Crippen LogP contribution in [0.3, 0.4) is 0 Å². The van der Waals surface area contributed by atoms with Gasteiger partial charge in [0.1, 0.15) is 0 Å². The second kappa shape index (κ2) is 8.13. The Morgan fingerprint density at radius 1 is 1.18 bits per heavy atom. The number of ether oxygens (including phenoxy) is 1. The highest BCUT2D eigenvalue weighted by Crippen LogP contribution is 2.53. The fraction of sp³-hybridized carbons (Fsp3) is 0.667. The van der Waals surface area contributed by atoms with Gasteiger partial charge >= 0.3 is 0 Å². The van der Waals surface area contributed by atoms with Crippen molar-refractivity contribution >= 4 is 15.9 Å². The van der Waals surface area contributed by atoms with Gasteiger partial charge in [0.25, 0.3) is 15.9 Å². The smallest absolute Gasteiger partial charge is 0.264 e. The lowest BCUT2D eigenvalue weighted by Gasteiger charge is -2.38. The molecule has 1 amide bonds. The van der Waals surface area contributed by atoms with Gasteiger partial charge in [-0.25, -0.2) is 13.1 Å². The number of sulfonamides is 1. The van der Waals surface area contributed by atoms with Crippen LogP contribution in [0.1, 0.15) is 48.9 Å². The molecule has 1 aromatic carbocycles. The van der Waals surface area contributed by atoms with Gasteiger partial charge in [0, 0.05) is 24.6 Å². The van der Waals surface area contributed by atoms with E-state index < -0.39 is 21.4 Å². The van der Waals surface area contributed by atoms with Crippen LogP contribution in [0.2, 0.25) is 0 Å². The number of methoxy groups -OCH3 is 1. The van der Waals surface area contributed by atoms with Gasteiger partial charge in [-0.1, -0.05) is 24.6 Å². The minimum absolute atomic E-state index is 0.123. The summed E-state index contributed by atoms with van der Waals surface area (Å²) in [5.41, 5.74) is -0.698. The quantitative estimate of drug-likeness (QED) is 0.727. The molecule has 3 fully saturated rings. The number of amides is 1. The van der Waals surface area contributed by atoms with E-state index in [2.05, 4.69) is 10.0 Å². The molecule has 28 heavy (non-hydrogen) atoms. The zero-order chi connectivity index (χ0) is 19.7. The minimum Gasteiger partial charge on any atom is -0.363 e. The van der Waals surface area contributed by atoms with E-state index in [1.54, 1.807) is 30.3 Å². The van der Waals surface area contributed by atoms with Crippen molar-refractivity contribution in [3.63, 3.8) is 0 Å². The maximum Gasteiger partial charge on any atom is 0.264 e. The minimum atomic E-state index is -3.97. The summed E-state index contributed by atoms with van der Waals surface area (Å²) in [5.74, 6) is 0.897. The van der Waals surface area contributed by atoms with Gasteiger partial charge in [-0.2, -0.15) is 0 Å². The molecule has 6 atom stereocenters. The van der Waals surface area contributed by atoms with Gasteiger partial charge in [-0.3, -0.25) is 4.79 Å². The van der Waals surface area contributed by atoms with Gasteiger partial charge in [-0.05, 0) is 68.5 Å². The zero-order valence-electron chi connectivity index (χ0n) is 16.3. The summed E-state index contributed by atoms with van der Waals surface area (Å²) in [7, 11) is -2.52. The molecule has 0 radical (unpaired) electrons. The summed E-state index contributed by atoms with van der Waals surface area (Å²) >= 11 is 0. The van der Waals surface area contributed by atoms with Crippen LogP contribution in [-0.2, 0) is 14.8 Å². The molecule has 2 bridgehead atoms. The molecular formula is C21H30N2O4S. The van der Waals surface area contributed by atoms with E-state index in [0.29, 0.717) is 17.4 Å². The van der Waals surface area contributed by atoms with Crippen molar-refractivity contribution in [1.29, 1.82) is 0 Å². The van der Waals surface area contributed by atoms with Crippen molar-refractivity contribution in [1.82, 2.24) is 10.0 Å². The Balaban J connectivity index is 1.58. The van der Waals surface area contributed by atoms with E-state index in [4.69, 9.17) is 4.74 Å². The molecular weight excluding hydrogens is 376 g/mol. The van der Waals surface area contributed by atoms with E-state index >= 15 is 0 Å². The summed E-state index contributed by atoms with van der Waals surface area (Å²) in [5, 5.41) is 3.51. The average molecular weight is 407 g/mol. The fourth-order valence-electron chi connectivity index (χ4n) is 5.82. The van der Waals surface area contributed by atoms with Crippen LogP contribution in [0.4, 0.5) is 0 Å². The summed E-state index contributed by atoms with van der Waals surface area (Å²) in [4.78, 5) is 12.5. The Labute approximate surface area is 167 Å². The Hall–Kier alpha value is -1.44. The Morgan fingerprint density at radius 3 is 2.54 bits per heavy atom. The lowest BCUT2D eigenvalue weighted by molar-refractivity contribution is 0.0457. The third-order valence-corrected chi connectivity index (χ3v) is 8.56. The van der Waals surface area contributed by atoms with Crippen molar-refractivity contribution in [2.45, 2.75) is 50.0 Å². The second-order valence-electron chi connectivity index (χ2n) is 8.57. The van der Waals surface area contributed by atoms with Crippen molar-refractivity contribution in [2.75, 3.05) is 13.7 Å². The second-order valence-corrected chi connectivity index (χ2v) is 10.3. The first-order valence-corrected chi connectivity index (χ1v) is 11.9. The molecule has 1 aromatic rings. The highest BCUT2D eigenvalue weighted by atomic mass is 32.2. The van der Waals surface area contributed by atoms with Crippen LogP contribution >= 0.6 is 0 Å². The standard InChI is InChI=1S/C21H30N2O4S/c1-27-21(28(25,26)23-20(24)15-6-3-2-4-7-15)19(18-8-5-11-22-18)17-13-14-9-10-16(17)12-14/h2-4,6-7,14,16-19,21-22H,5,8-13H2,1H3,(H,23,24). The number of benzene rings is 1. The first kappa shape index (κ1) is 19.9. The van der Waals surface area contributed by atoms with Crippen molar-refractivity contribution < 1.29 is 17.9 Å². The van der Waals surface area contributed by atoms with Gasteiger partial charge in [-0.15, -0.1) is 0 Å². The number of hydrogen-bond acceptors (Lipinski definition) is 5. The normalized spacial score (nSPS) is 31.6. The summed E-state index contributed by atoms with van der Waals surface area (Å²) < 4.78 is 34.3. The summed E-state index contributed by atoms with van der Waals surface area (Å²) in [6, 6.07) is 8.57. The first-order valence-electron chi connectivity index (χ1n) is 10.4. The van der Waals surface area contributed by atoms with Crippen LogP contribution in [-0.4, -0.2) is 39.5 Å². The molecule has 1 saturated heterocycles. The van der Waals surface area contributed by atoms with Crippen LogP contribution in [0, 0.1) is 23.7 Å². The molecule has 6 unspecified atom stereocenters. The third-order valence-electron chi connectivity index (χ3n) is 6.97. The van der Waals surface area contributed by atoms with Gasteiger partial charge in [0.15, 0.2) is 5.44 Å². The number of carbonyl (C=O) groups is 1. The molecule has 4 rings (SSSR count). The molecule has 2 aliphatic carbocycles. The molecule has 1 aliphatic heterocycles. The monoisotopic (exact) mass is 406 g/mol. The number of fused-ring (bicyclic) bond motifs is 2. The number of carbonyl (C=O) groups excluding carboxylic acids is 1. The van der Waals surface area contributed by atoms with Crippen LogP contribution in [0.25, 0.3) is 0 Å². The Kier molecular flexibility index (Phi) is 5.76. The van der Waals surface area contributed by atoms with Crippen LogP contribution < -0.4 is 10.0 Å². The average Bonchev–Trinajstić information content (AvgIpc) is 3.44. The predicted molar refractivity (Wildman–Crippen MR) is 107 cm³/mol. The molecule has 1 heterocycles. The van der Waals surface area contributed by atoms with Crippen LogP contribution in [0.15, 0.2) is 30.3 Å². The topological polar surface area (TPSA) is 84.5 Å². The summed E-state index contributed by atoms with van der Waals surface area (Å²) in [6.07, 6.45) is 6.75. The zero-order valence-corrected chi connectivity index (χ0v) is 17.2. The number of nitrogens with one attached hydrogen (secondary N) is 2. The first-order chi connectivity index (χ1) is 13.5. The third kappa shape index (κ3) is 3.84. The largest absolute Gasteiger partial charge is 0.363 e. The lowest BCUT2D eigenvalue weighted by Crippen LogP contribution is -2.51. The molecule has 2 saturated carbocycles. The van der Waals surface area contributed by atoms with Crippen molar-refractivity contribution in [2.24, 2.45) is 23.7 Å².